The maximum absolute atomic E-state index is 4.75. The van der Waals surface area contributed by atoms with Gasteiger partial charge in [-0.25, -0.2) is 9.97 Å². The van der Waals surface area contributed by atoms with Crippen LogP contribution in [0.15, 0.2) is 48.5 Å². The number of nitrogens with one attached hydrogen (secondary N) is 2. The number of anilines is 2. The van der Waals surface area contributed by atoms with Gasteiger partial charge in [0.1, 0.15) is 11.6 Å². The van der Waals surface area contributed by atoms with Crippen molar-refractivity contribution in [2.45, 2.75) is 13.8 Å². The van der Waals surface area contributed by atoms with E-state index in [0.29, 0.717) is 17.6 Å². The number of hydrogen-bond acceptors (Lipinski definition) is 5. The van der Waals surface area contributed by atoms with Crippen LogP contribution in [0.5, 0.6) is 0 Å². The van der Waals surface area contributed by atoms with Crippen LogP contribution in [0, 0.1) is 13.8 Å². The number of nitrogens with zero attached hydrogens (tertiary/aromatic N) is 4. The molecule has 0 saturated heterocycles. The van der Waals surface area contributed by atoms with Crippen molar-refractivity contribution < 1.29 is 0 Å². The maximum Gasteiger partial charge on any atom is 0.247 e. The van der Waals surface area contributed by atoms with E-state index in [0.717, 1.165) is 27.9 Å². The third-order valence-electron chi connectivity index (χ3n) is 3.79. The fraction of sp³-hybridized carbons (Fsp3) is 0.111. The van der Waals surface area contributed by atoms with Crippen LogP contribution in [0.4, 0.5) is 11.8 Å². The van der Waals surface area contributed by atoms with Gasteiger partial charge < -0.3 is 5.32 Å². The molecule has 4 aromatic rings. The lowest BCUT2D eigenvalue weighted by Crippen LogP contribution is -2.01. The summed E-state index contributed by atoms with van der Waals surface area (Å²) < 4.78 is 0. The summed E-state index contributed by atoms with van der Waals surface area (Å²) in [4.78, 5) is 13.8. The van der Waals surface area contributed by atoms with Gasteiger partial charge in [-0.05, 0) is 25.5 Å². The van der Waals surface area contributed by atoms with Crippen LogP contribution >= 0.6 is 0 Å². The zero-order valence-electron chi connectivity index (χ0n) is 13.4. The minimum absolute atomic E-state index is 0.494. The molecule has 2 aromatic heterocycles. The van der Waals surface area contributed by atoms with Crippen molar-refractivity contribution in [1.29, 1.82) is 0 Å². The van der Waals surface area contributed by atoms with Gasteiger partial charge in [0.2, 0.25) is 5.95 Å². The van der Waals surface area contributed by atoms with Crippen molar-refractivity contribution in [2.75, 3.05) is 5.32 Å². The third-order valence-corrected chi connectivity index (χ3v) is 3.79. The number of fused-ring (bicyclic) bond motifs is 1. The Balaban J connectivity index is 1.91. The molecule has 0 saturated carbocycles. The predicted molar refractivity (Wildman–Crippen MR) is 94.1 cm³/mol. The number of aryl methyl sites for hydroxylation is 2. The highest BCUT2D eigenvalue weighted by atomic mass is 15.3. The minimum atomic E-state index is 0.494. The number of rotatable bonds is 3. The molecule has 2 heterocycles. The molecule has 2 N–H and O–H groups in total. The minimum Gasteiger partial charge on any atom is -0.307 e. The molecule has 2 aromatic carbocycles. The molecule has 0 unspecified atom stereocenters. The molecule has 0 aliphatic rings. The van der Waals surface area contributed by atoms with Gasteiger partial charge >= 0.3 is 0 Å². The Morgan fingerprint density at radius 2 is 1.71 bits per heavy atom. The molecule has 0 atom stereocenters. The summed E-state index contributed by atoms with van der Waals surface area (Å²) in [5.74, 6) is 2.61. The zero-order valence-corrected chi connectivity index (χ0v) is 13.4. The summed E-state index contributed by atoms with van der Waals surface area (Å²) in [5, 5.41) is 11.1. The van der Waals surface area contributed by atoms with Crippen LogP contribution in [-0.2, 0) is 0 Å². The molecule has 0 radical (unpaired) electrons. The maximum atomic E-state index is 4.75. The summed E-state index contributed by atoms with van der Waals surface area (Å²) in [6, 6.07) is 16.0. The zero-order chi connectivity index (χ0) is 16.5. The molecule has 0 amide bonds. The van der Waals surface area contributed by atoms with Gasteiger partial charge in [-0.1, -0.05) is 42.5 Å². The van der Waals surface area contributed by atoms with Gasteiger partial charge in [0, 0.05) is 10.9 Å². The molecular weight excluding hydrogens is 300 g/mol. The molecule has 0 spiro atoms. The monoisotopic (exact) mass is 316 g/mol. The fourth-order valence-corrected chi connectivity index (χ4v) is 2.61. The van der Waals surface area contributed by atoms with Gasteiger partial charge in [0.05, 0.1) is 5.52 Å². The molecule has 6 heteroatoms. The average molecular weight is 316 g/mol. The van der Waals surface area contributed by atoms with E-state index >= 15 is 0 Å². The number of hydrogen-bond donors (Lipinski definition) is 2. The van der Waals surface area contributed by atoms with Gasteiger partial charge in [-0.3, -0.25) is 5.10 Å². The fourth-order valence-electron chi connectivity index (χ4n) is 2.61. The Morgan fingerprint density at radius 1 is 0.875 bits per heavy atom. The first kappa shape index (κ1) is 14.3. The Bertz CT molecular complexity index is 1010. The quantitative estimate of drug-likeness (QED) is 0.601. The van der Waals surface area contributed by atoms with E-state index in [9.17, 15) is 0 Å². The Labute approximate surface area is 139 Å². The molecule has 0 fully saturated rings. The van der Waals surface area contributed by atoms with Crippen molar-refractivity contribution >= 4 is 22.7 Å². The Kier molecular flexibility index (Phi) is 3.42. The highest BCUT2D eigenvalue weighted by Gasteiger charge is 2.12. The number of benzene rings is 2. The molecular formula is C18H16N6. The molecule has 0 aliphatic carbocycles. The van der Waals surface area contributed by atoms with Gasteiger partial charge in [0.25, 0.3) is 0 Å². The van der Waals surface area contributed by atoms with Crippen LogP contribution in [0.1, 0.15) is 11.4 Å². The van der Waals surface area contributed by atoms with Crippen LogP contribution in [0.3, 0.4) is 0 Å². The van der Waals surface area contributed by atoms with Crippen LogP contribution in [-0.4, -0.2) is 25.1 Å². The lowest BCUT2D eigenvalue weighted by Gasteiger charge is -2.10. The van der Waals surface area contributed by atoms with E-state index in [1.54, 1.807) is 0 Å². The van der Waals surface area contributed by atoms with Crippen molar-refractivity contribution in [3.8, 4) is 11.4 Å². The second-order valence-corrected chi connectivity index (χ2v) is 5.60. The molecule has 0 aliphatic heterocycles. The van der Waals surface area contributed by atoms with Gasteiger partial charge in [0.15, 0.2) is 5.82 Å². The summed E-state index contributed by atoms with van der Waals surface area (Å²) >= 11 is 0. The van der Waals surface area contributed by atoms with Crippen LogP contribution < -0.4 is 5.32 Å². The first-order chi connectivity index (χ1) is 11.7. The number of para-hydroxylation sites is 1. The van der Waals surface area contributed by atoms with Crippen molar-refractivity contribution in [2.24, 2.45) is 0 Å². The molecule has 118 valence electrons. The average Bonchev–Trinajstić information content (AvgIpc) is 3.01. The Morgan fingerprint density at radius 3 is 2.46 bits per heavy atom. The van der Waals surface area contributed by atoms with E-state index in [1.165, 1.54) is 0 Å². The second-order valence-electron chi connectivity index (χ2n) is 5.60. The normalized spacial score (nSPS) is 10.9. The summed E-state index contributed by atoms with van der Waals surface area (Å²) in [6.45, 7) is 3.90. The Hall–Kier alpha value is -3.28. The standard InChI is InChI=1S/C18H16N6/c1-11-7-6-10-14-15(11)20-16(13-8-4-3-5-9-13)21-17(14)22-18-19-12(2)23-24-18/h3-10H,1-2H3,(H2,19,20,21,22,23,24). The van der Waals surface area contributed by atoms with Crippen molar-refractivity contribution in [3.05, 3.63) is 59.9 Å². The first-order valence-electron chi connectivity index (χ1n) is 7.69. The molecule has 24 heavy (non-hydrogen) atoms. The second kappa shape index (κ2) is 5.73. The number of H-pyrrole nitrogens is 1. The lowest BCUT2D eigenvalue weighted by atomic mass is 10.1. The van der Waals surface area contributed by atoms with Crippen LogP contribution in [0.2, 0.25) is 0 Å². The largest absolute Gasteiger partial charge is 0.307 e. The first-order valence-corrected chi connectivity index (χ1v) is 7.69. The number of aromatic amines is 1. The van der Waals surface area contributed by atoms with Gasteiger partial charge in [-0.15, -0.1) is 5.10 Å². The molecule has 6 nitrogen and oxygen atoms in total. The highest BCUT2D eigenvalue weighted by molar-refractivity contribution is 5.93. The third kappa shape index (κ3) is 2.58. The molecule has 0 bridgehead atoms. The van der Waals surface area contributed by atoms with E-state index in [-0.39, 0.29) is 0 Å². The van der Waals surface area contributed by atoms with Crippen LogP contribution in [0.25, 0.3) is 22.3 Å². The van der Waals surface area contributed by atoms with E-state index in [1.807, 2.05) is 62.4 Å². The predicted octanol–water partition coefficient (Wildman–Crippen LogP) is 3.78. The number of aromatic nitrogens is 5. The summed E-state index contributed by atoms with van der Waals surface area (Å²) in [7, 11) is 0. The van der Waals surface area contributed by atoms with Crippen molar-refractivity contribution in [1.82, 2.24) is 25.1 Å². The van der Waals surface area contributed by atoms with Crippen molar-refractivity contribution in [3.63, 3.8) is 0 Å². The molecule has 4 rings (SSSR count). The van der Waals surface area contributed by atoms with Gasteiger partial charge in [-0.2, -0.15) is 4.98 Å². The SMILES string of the molecule is Cc1nc(Nc2nc(-c3ccccc3)nc3c(C)cccc23)n[nH]1. The topological polar surface area (TPSA) is 79.4 Å². The van der Waals surface area contributed by atoms with E-state index < -0.39 is 0 Å². The lowest BCUT2D eigenvalue weighted by molar-refractivity contribution is 1.04. The summed E-state index contributed by atoms with van der Waals surface area (Å²) in [5.41, 5.74) is 2.99. The smallest absolute Gasteiger partial charge is 0.247 e. The summed E-state index contributed by atoms with van der Waals surface area (Å²) in [6.07, 6.45) is 0. The van der Waals surface area contributed by atoms with E-state index in [2.05, 4.69) is 20.5 Å². The highest BCUT2D eigenvalue weighted by Crippen LogP contribution is 2.28. The van der Waals surface area contributed by atoms with E-state index in [4.69, 9.17) is 9.97 Å².